The molecule has 5 rings (SSSR count). The molecule has 0 spiro atoms. The van der Waals surface area contributed by atoms with Gasteiger partial charge in [-0.3, -0.25) is 9.69 Å². The Morgan fingerprint density at radius 1 is 1.16 bits per heavy atom. The van der Waals surface area contributed by atoms with Crippen LogP contribution in [0, 0.1) is 0 Å². The highest BCUT2D eigenvalue weighted by Crippen LogP contribution is 2.33. The monoisotopic (exact) mass is 418 g/mol. The molecule has 9 heteroatoms. The molecule has 1 N–H and O–H groups in total. The number of carbonyl (C=O) groups excluding carboxylic acids is 1. The van der Waals surface area contributed by atoms with Gasteiger partial charge in [0.25, 0.3) is 5.91 Å². The van der Waals surface area contributed by atoms with Crippen LogP contribution in [-0.2, 0) is 13.1 Å². The summed E-state index contributed by atoms with van der Waals surface area (Å²) in [4.78, 5) is 27.0. The second-order valence-corrected chi connectivity index (χ2v) is 8.25. The minimum absolute atomic E-state index is 0.0356. The van der Waals surface area contributed by atoms with Crippen molar-refractivity contribution in [1.29, 1.82) is 0 Å². The van der Waals surface area contributed by atoms with E-state index < -0.39 is 0 Å². The van der Waals surface area contributed by atoms with Crippen molar-refractivity contribution in [2.24, 2.45) is 0 Å². The first-order valence-electron chi connectivity index (χ1n) is 10.7. The average molecular weight is 419 g/mol. The number of rotatable bonds is 6. The number of fused-ring (bicyclic) bond motifs is 1. The number of hydrogen-bond acceptors (Lipinski definition) is 7. The van der Waals surface area contributed by atoms with Gasteiger partial charge in [-0.1, -0.05) is 6.07 Å². The van der Waals surface area contributed by atoms with E-state index >= 15 is 0 Å². The van der Waals surface area contributed by atoms with E-state index in [1.807, 2.05) is 35.9 Å². The van der Waals surface area contributed by atoms with Gasteiger partial charge in [0.05, 0.1) is 17.8 Å². The molecule has 0 unspecified atom stereocenters. The van der Waals surface area contributed by atoms with Gasteiger partial charge in [0.1, 0.15) is 23.7 Å². The van der Waals surface area contributed by atoms with E-state index in [1.165, 1.54) is 0 Å². The molecule has 1 saturated heterocycles. The highest BCUT2D eigenvalue weighted by Gasteiger charge is 2.34. The van der Waals surface area contributed by atoms with Crippen molar-refractivity contribution in [2.45, 2.75) is 39.4 Å². The highest BCUT2D eigenvalue weighted by atomic mass is 16.2. The summed E-state index contributed by atoms with van der Waals surface area (Å²) in [5, 5.41) is 11.5. The van der Waals surface area contributed by atoms with Gasteiger partial charge >= 0.3 is 0 Å². The first-order chi connectivity index (χ1) is 15.1. The molecule has 2 aliphatic heterocycles. The number of carbonyl (C=O) groups is 1. The van der Waals surface area contributed by atoms with Crippen LogP contribution in [0.2, 0.25) is 0 Å². The van der Waals surface area contributed by atoms with Crippen molar-refractivity contribution >= 4 is 17.5 Å². The number of nitrogens with one attached hydrogen (secondary N) is 1. The van der Waals surface area contributed by atoms with E-state index in [0.717, 1.165) is 42.1 Å². The average Bonchev–Trinajstić information content (AvgIpc) is 3.33. The second-order valence-electron chi connectivity index (χ2n) is 8.25. The lowest BCUT2D eigenvalue weighted by molar-refractivity contribution is 0.0996. The van der Waals surface area contributed by atoms with E-state index in [1.54, 1.807) is 11.2 Å². The van der Waals surface area contributed by atoms with Gasteiger partial charge in [-0.25, -0.2) is 9.97 Å². The third-order valence-corrected chi connectivity index (χ3v) is 5.88. The Morgan fingerprint density at radius 3 is 2.71 bits per heavy atom. The lowest BCUT2D eigenvalue weighted by Gasteiger charge is -2.32. The van der Waals surface area contributed by atoms with Gasteiger partial charge < -0.3 is 14.8 Å². The van der Waals surface area contributed by atoms with Crippen molar-refractivity contribution in [2.75, 3.05) is 29.9 Å². The molecule has 0 aliphatic carbocycles. The molecule has 0 atom stereocenters. The van der Waals surface area contributed by atoms with E-state index in [-0.39, 0.29) is 11.9 Å². The minimum Gasteiger partial charge on any atom is -0.356 e. The smallest absolute Gasteiger partial charge is 0.260 e. The maximum atomic E-state index is 13.4. The lowest BCUT2D eigenvalue weighted by atomic mass is 10.1. The SMILES string of the molecule is CNCc1nc(N2CCC2)cc2c1CN(c1cccc(-c3nncn3C(C)C)n1)C2=O. The lowest BCUT2D eigenvalue weighted by Crippen LogP contribution is -2.38. The van der Waals surface area contributed by atoms with E-state index in [9.17, 15) is 4.79 Å². The summed E-state index contributed by atoms with van der Waals surface area (Å²) in [5.41, 5.74) is 3.32. The molecule has 9 nitrogen and oxygen atoms in total. The van der Waals surface area contributed by atoms with Crippen molar-refractivity contribution in [1.82, 2.24) is 30.0 Å². The van der Waals surface area contributed by atoms with Crippen LogP contribution in [0.3, 0.4) is 0 Å². The summed E-state index contributed by atoms with van der Waals surface area (Å²) in [5.74, 6) is 2.15. The Balaban J connectivity index is 1.51. The Morgan fingerprint density at radius 2 is 2.00 bits per heavy atom. The largest absolute Gasteiger partial charge is 0.356 e. The standard InChI is InChI=1S/C22H26N8O/c1-14(2)30-13-24-27-21(30)17-6-4-7-19(25-17)29-12-16-15(22(29)31)10-20(28-8-5-9-28)26-18(16)11-23-3/h4,6-7,10,13-14,23H,5,8-9,11-12H2,1-3H3. The summed E-state index contributed by atoms with van der Waals surface area (Å²) in [6.45, 7) is 7.21. The number of anilines is 2. The first kappa shape index (κ1) is 19.6. The predicted octanol–water partition coefficient (Wildman–Crippen LogP) is 2.41. The zero-order valence-corrected chi connectivity index (χ0v) is 18.0. The second kappa shape index (κ2) is 7.73. The fourth-order valence-electron chi connectivity index (χ4n) is 4.06. The zero-order valence-electron chi connectivity index (χ0n) is 18.0. The van der Waals surface area contributed by atoms with E-state index in [2.05, 4.69) is 34.3 Å². The normalized spacial score (nSPS) is 15.5. The topological polar surface area (TPSA) is 92.1 Å². The van der Waals surface area contributed by atoms with Crippen molar-refractivity contribution in [3.05, 3.63) is 47.4 Å². The molecule has 160 valence electrons. The molecular formula is C22H26N8O. The zero-order chi connectivity index (χ0) is 21.5. The predicted molar refractivity (Wildman–Crippen MR) is 118 cm³/mol. The summed E-state index contributed by atoms with van der Waals surface area (Å²) >= 11 is 0. The first-order valence-corrected chi connectivity index (χ1v) is 10.7. The van der Waals surface area contributed by atoms with Crippen LogP contribution in [0.25, 0.3) is 11.5 Å². The quantitative estimate of drug-likeness (QED) is 0.657. The third-order valence-electron chi connectivity index (χ3n) is 5.88. The number of hydrogen-bond donors (Lipinski definition) is 1. The molecule has 3 aromatic rings. The Labute approximate surface area is 181 Å². The van der Waals surface area contributed by atoms with Crippen molar-refractivity contribution in [3.63, 3.8) is 0 Å². The summed E-state index contributed by atoms with van der Waals surface area (Å²) < 4.78 is 1.97. The van der Waals surface area contributed by atoms with Gasteiger partial charge in [-0.2, -0.15) is 0 Å². The van der Waals surface area contributed by atoms with Crippen LogP contribution < -0.4 is 15.1 Å². The number of nitrogens with zero attached hydrogens (tertiary/aromatic N) is 7. The Kier molecular flexibility index (Phi) is 4.90. The summed E-state index contributed by atoms with van der Waals surface area (Å²) in [7, 11) is 1.90. The molecular weight excluding hydrogens is 392 g/mol. The Hall–Kier alpha value is -3.33. The van der Waals surface area contributed by atoms with Crippen LogP contribution in [0.15, 0.2) is 30.6 Å². The van der Waals surface area contributed by atoms with Crippen molar-refractivity contribution < 1.29 is 4.79 Å². The van der Waals surface area contributed by atoms with Crippen LogP contribution in [0.5, 0.6) is 0 Å². The number of pyridine rings is 2. The highest BCUT2D eigenvalue weighted by molar-refractivity contribution is 6.10. The van der Waals surface area contributed by atoms with Crippen molar-refractivity contribution in [3.8, 4) is 11.5 Å². The van der Waals surface area contributed by atoms with E-state index in [4.69, 9.17) is 9.97 Å². The van der Waals surface area contributed by atoms with Gasteiger partial charge in [-0.05, 0) is 45.5 Å². The molecule has 3 aromatic heterocycles. The molecule has 0 aromatic carbocycles. The Bertz CT molecular complexity index is 1130. The summed E-state index contributed by atoms with van der Waals surface area (Å²) in [6.07, 6.45) is 2.87. The van der Waals surface area contributed by atoms with Gasteiger partial charge in [0, 0.05) is 31.2 Å². The molecule has 1 amide bonds. The number of amides is 1. The maximum Gasteiger partial charge on any atom is 0.260 e. The molecule has 0 bridgehead atoms. The molecule has 1 fully saturated rings. The fraction of sp³-hybridized carbons (Fsp3) is 0.409. The van der Waals surface area contributed by atoms with Crippen LogP contribution in [0.4, 0.5) is 11.6 Å². The fourth-order valence-corrected chi connectivity index (χ4v) is 4.06. The number of aromatic nitrogens is 5. The van der Waals surface area contributed by atoms with Crippen LogP contribution in [0.1, 0.15) is 47.9 Å². The van der Waals surface area contributed by atoms with Gasteiger partial charge in [0.15, 0.2) is 5.82 Å². The molecule has 2 aliphatic rings. The van der Waals surface area contributed by atoms with Crippen LogP contribution in [-0.4, -0.2) is 50.8 Å². The van der Waals surface area contributed by atoms with E-state index in [0.29, 0.717) is 30.4 Å². The summed E-state index contributed by atoms with van der Waals surface area (Å²) in [6, 6.07) is 7.82. The minimum atomic E-state index is -0.0356. The van der Waals surface area contributed by atoms with Gasteiger partial charge in [-0.15, -0.1) is 10.2 Å². The van der Waals surface area contributed by atoms with Gasteiger partial charge in [0.2, 0.25) is 0 Å². The molecule has 5 heterocycles. The molecule has 31 heavy (non-hydrogen) atoms. The molecule has 0 radical (unpaired) electrons. The molecule has 0 saturated carbocycles. The van der Waals surface area contributed by atoms with Crippen LogP contribution >= 0.6 is 0 Å². The maximum absolute atomic E-state index is 13.4. The third kappa shape index (κ3) is 3.34.